The average molecular weight is 496 g/mol. The second-order valence-electron chi connectivity index (χ2n) is 8.47. The van der Waals surface area contributed by atoms with E-state index in [1.54, 1.807) is 35.2 Å². The van der Waals surface area contributed by atoms with Crippen LogP contribution in [-0.4, -0.2) is 33.3 Å². The Balaban J connectivity index is 1.59. The van der Waals surface area contributed by atoms with Crippen LogP contribution in [0.4, 0.5) is 21.5 Å². The molecule has 0 saturated carbocycles. The lowest BCUT2D eigenvalue weighted by Gasteiger charge is -2.25. The highest BCUT2D eigenvalue weighted by molar-refractivity contribution is 7.92. The predicted octanol–water partition coefficient (Wildman–Crippen LogP) is 4.40. The zero-order valence-corrected chi connectivity index (χ0v) is 20.3. The summed E-state index contributed by atoms with van der Waals surface area (Å²) in [5.74, 6) is -1.33. The Morgan fingerprint density at radius 3 is 2.40 bits per heavy atom. The summed E-state index contributed by atoms with van der Waals surface area (Å²) in [7, 11) is -4.22. The Hall–Kier alpha value is -3.72. The number of amides is 2. The van der Waals surface area contributed by atoms with Crippen molar-refractivity contribution in [2.45, 2.75) is 31.6 Å². The minimum absolute atomic E-state index is 0.0466. The van der Waals surface area contributed by atoms with Crippen LogP contribution in [0.25, 0.3) is 0 Å². The van der Waals surface area contributed by atoms with Crippen LogP contribution in [0.15, 0.2) is 71.6 Å². The summed E-state index contributed by atoms with van der Waals surface area (Å²) in [5.41, 5.74) is 2.68. The van der Waals surface area contributed by atoms with Crippen molar-refractivity contribution in [3.8, 4) is 0 Å². The van der Waals surface area contributed by atoms with Crippen molar-refractivity contribution in [1.29, 1.82) is 0 Å². The van der Waals surface area contributed by atoms with Gasteiger partial charge in [-0.3, -0.25) is 13.9 Å². The van der Waals surface area contributed by atoms with Gasteiger partial charge in [0.2, 0.25) is 11.8 Å². The largest absolute Gasteiger partial charge is 0.325 e. The maximum Gasteiger partial charge on any atom is 0.264 e. The second-order valence-corrected chi connectivity index (χ2v) is 10.3. The Morgan fingerprint density at radius 1 is 1.06 bits per heavy atom. The summed E-state index contributed by atoms with van der Waals surface area (Å²) in [6.45, 7) is 3.69. The number of hydrogen-bond acceptors (Lipinski definition) is 4. The molecule has 1 aliphatic rings. The molecule has 9 heteroatoms. The lowest BCUT2D eigenvalue weighted by atomic mass is 10.1. The van der Waals surface area contributed by atoms with Crippen molar-refractivity contribution in [3.63, 3.8) is 0 Å². The van der Waals surface area contributed by atoms with Crippen molar-refractivity contribution in [2.75, 3.05) is 27.6 Å². The molecule has 2 amide bonds. The molecule has 0 aliphatic carbocycles. The van der Waals surface area contributed by atoms with Gasteiger partial charge in [-0.25, -0.2) is 12.8 Å². The van der Waals surface area contributed by atoms with E-state index in [4.69, 9.17) is 0 Å². The molecule has 1 heterocycles. The molecular formula is C26H26FN3O4S. The van der Waals surface area contributed by atoms with E-state index < -0.39 is 28.3 Å². The maximum atomic E-state index is 14.6. The van der Waals surface area contributed by atoms with E-state index in [-0.39, 0.29) is 16.5 Å². The number of aryl methyl sites for hydroxylation is 2. The molecule has 0 bridgehead atoms. The van der Waals surface area contributed by atoms with Crippen LogP contribution in [0.5, 0.6) is 0 Å². The molecule has 1 aliphatic heterocycles. The Bertz CT molecular complexity index is 1370. The summed E-state index contributed by atoms with van der Waals surface area (Å²) >= 11 is 0. The number of para-hydroxylation sites is 1. The number of carbonyl (C=O) groups excluding carboxylic acids is 2. The lowest BCUT2D eigenvalue weighted by molar-refractivity contribution is -0.117. The van der Waals surface area contributed by atoms with Gasteiger partial charge in [0.25, 0.3) is 10.0 Å². The summed E-state index contributed by atoms with van der Waals surface area (Å²) in [5, 5.41) is 2.69. The van der Waals surface area contributed by atoms with Gasteiger partial charge >= 0.3 is 0 Å². The fraction of sp³-hybridized carbons (Fsp3) is 0.231. The molecule has 1 N–H and O–H groups in total. The number of rotatable bonds is 7. The number of carbonyl (C=O) groups is 2. The van der Waals surface area contributed by atoms with Crippen LogP contribution in [0, 0.1) is 19.7 Å². The Labute approximate surface area is 204 Å². The molecule has 0 unspecified atom stereocenters. The highest BCUT2D eigenvalue weighted by Crippen LogP contribution is 2.29. The summed E-state index contributed by atoms with van der Waals surface area (Å²) in [6, 6.07) is 16.7. The van der Waals surface area contributed by atoms with Crippen LogP contribution < -0.4 is 14.5 Å². The number of hydrogen-bond donors (Lipinski definition) is 1. The smallest absolute Gasteiger partial charge is 0.264 e. The first-order valence-electron chi connectivity index (χ1n) is 11.2. The highest BCUT2D eigenvalue weighted by atomic mass is 32.2. The third-order valence-corrected chi connectivity index (χ3v) is 7.64. The van der Waals surface area contributed by atoms with Gasteiger partial charge in [-0.1, -0.05) is 29.8 Å². The minimum Gasteiger partial charge on any atom is -0.325 e. The average Bonchev–Trinajstić information content (AvgIpc) is 3.24. The molecule has 0 atom stereocenters. The summed E-state index contributed by atoms with van der Waals surface area (Å²) in [6.07, 6.45) is 1.32. The number of benzene rings is 3. The van der Waals surface area contributed by atoms with E-state index in [9.17, 15) is 22.4 Å². The van der Waals surface area contributed by atoms with Crippen LogP contribution in [0.3, 0.4) is 0 Å². The van der Waals surface area contributed by atoms with Crippen molar-refractivity contribution < 1.29 is 22.4 Å². The van der Waals surface area contributed by atoms with Gasteiger partial charge in [0.15, 0.2) is 0 Å². The van der Waals surface area contributed by atoms with Crippen LogP contribution in [-0.2, 0) is 19.6 Å². The quantitative estimate of drug-likeness (QED) is 0.526. The maximum absolute atomic E-state index is 14.6. The number of nitrogens with zero attached hydrogens (tertiary/aromatic N) is 2. The topological polar surface area (TPSA) is 86.8 Å². The third kappa shape index (κ3) is 5.19. The van der Waals surface area contributed by atoms with Crippen LogP contribution in [0.1, 0.15) is 24.0 Å². The molecule has 4 rings (SSSR count). The van der Waals surface area contributed by atoms with E-state index in [0.29, 0.717) is 18.7 Å². The molecule has 182 valence electrons. The van der Waals surface area contributed by atoms with Crippen LogP contribution in [0.2, 0.25) is 0 Å². The van der Waals surface area contributed by atoms with Gasteiger partial charge in [0, 0.05) is 24.3 Å². The van der Waals surface area contributed by atoms with Crippen molar-refractivity contribution in [3.05, 3.63) is 83.7 Å². The van der Waals surface area contributed by atoms with Gasteiger partial charge in [0.05, 0.1) is 10.6 Å². The van der Waals surface area contributed by atoms with E-state index in [1.807, 2.05) is 13.8 Å². The van der Waals surface area contributed by atoms with E-state index in [0.717, 1.165) is 33.6 Å². The standard InChI is InChI=1S/C26H26FN3O4S/c1-18-9-12-21(13-10-18)35(33,34)30(24-7-4-3-6-22(24)27)17-25(31)28-20-11-14-23(19(2)16-20)29-15-5-8-26(29)32/h3-4,6-7,9-14,16H,5,8,15,17H2,1-2H3,(H,28,31). The van der Waals surface area contributed by atoms with Gasteiger partial charge in [-0.15, -0.1) is 0 Å². The zero-order chi connectivity index (χ0) is 25.2. The highest BCUT2D eigenvalue weighted by Gasteiger charge is 2.29. The molecule has 35 heavy (non-hydrogen) atoms. The molecule has 1 fully saturated rings. The normalized spacial score (nSPS) is 13.7. The van der Waals surface area contributed by atoms with E-state index in [2.05, 4.69) is 5.32 Å². The fourth-order valence-corrected chi connectivity index (χ4v) is 5.49. The molecular weight excluding hydrogens is 469 g/mol. The zero-order valence-electron chi connectivity index (χ0n) is 19.5. The molecule has 3 aromatic carbocycles. The van der Waals surface area contributed by atoms with Gasteiger partial charge < -0.3 is 10.2 Å². The Kier molecular flexibility index (Phi) is 6.88. The van der Waals surface area contributed by atoms with Gasteiger partial charge in [-0.05, 0) is 68.3 Å². The molecule has 0 spiro atoms. The first-order valence-corrected chi connectivity index (χ1v) is 12.7. The molecule has 3 aromatic rings. The number of nitrogens with one attached hydrogen (secondary N) is 1. The minimum atomic E-state index is -4.22. The van der Waals surface area contributed by atoms with Crippen molar-refractivity contribution in [1.82, 2.24) is 0 Å². The second kappa shape index (κ2) is 9.87. The number of sulfonamides is 1. The molecule has 0 aromatic heterocycles. The predicted molar refractivity (Wildman–Crippen MR) is 134 cm³/mol. The summed E-state index contributed by atoms with van der Waals surface area (Å²) < 4.78 is 42.2. The van der Waals surface area contributed by atoms with Gasteiger partial charge in [0.1, 0.15) is 12.4 Å². The Morgan fingerprint density at radius 2 is 1.77 bits per heavy atom. The molecule has 7 nitrogen and oxygen atoms in total. The number of anilines is 3. The van der Waals surface area contributed by atoms with Crippen molar-refractivity contribution >= 4 is 38.9 Å². The lowest BCUT2D eigenvalue weighted by Crippen LogP contribution is -2.38. The van der Waals surface area contributed by atoms with Gasteiger partial charge in [-0.2, -0.15) is 0 Å². The monoisotopic (exact) mass is 495 g/mol. The first kappa shape index (κ1) is 24.4. The molecule has 1 saturated heterocycles. The van der Waals surface area contributed by atoms with Crippen LogP contribution >= 0.6 is 0 Å². The van der Waals surface area contributed by atoms with Crippen molar-refractivity contribution in [2.24, 2.45) is 0 Å². The molecule has 0 radical (unpaired) electrons. The fourth-order valence-electron chi connectivity index (χ4n) is 4.06. The SMILES string of the molecule is Cc1ccc(S(=O)(=O)N(CC(=O)Nc2ccc(N3CCCC3=O)c(C)c2)c2ccccc2F)cc1. The van der Waals surface area contributed by atoms with E-state index in [1.165, 1.54) is 30.3 Å². The first-order chi connectivity index (χ1) is 16.7. The third-order valence-electron chi connectivity index (χ3n) is 5.86. The number of halogens is 1. The summed E-state index contributed by atoms with van der Waals surface area (Å²) in [4.78, 5) is 26.7. The van der Waals surface area contributed by atoms with E-state index >= 15 is 0 Å².